The van der Waals surface area contributed by atoms with E-state index in [2.05, 4.69) is 22.9 Å². The quantitative estimate of drug-likeness (QED) is 0.282. The molecule has 0 bridgehead atoms. The van der Waals surface area contributed by atoms with E-state index in [-0.39, 0.29) is 18.4 Å². The number of ether oxygens (including phenoxy) is 1. The van der Waals surface area contributed by atoms with Gasteiger partial charge in [-0.1, -0.05) is 57.2 Å². The van der Waals surface area contributed by atoms with Gasteiger partial charge in [0.15, 0.2) is 0 Å². The number of benzene rings is 2. The molecule has 0 unspecified atom stereocenters. The number of carbonyl (C=O) groups excluding carboxylic acids is 2. The maximum absolute atomic E-state index is 12.4. The van der Waals surface area contributed by atoms with Gasteiger partial charge in [0.25, 0.3) is 0 Å². The molecule has 2 aromatic carbocycles. The van der Waals surface area contributed by atoms with Crippen LogP contribution in [0.4, 0.5) is 17.1 Å². The van der Waals surface area contributed by atoms with E-state index in [4.69, 9.17) is 16.3 Å². The summed E-state index contributed by atoms with van der Waals surface area (Å²) in [5, 5.41) is 9.09. The van der Waals surface area contributed by atoms with Crippen LogP contribution in [-0.4, -0.2) is 25.0 Å². The highest BCUT2D eigenvalue weighted by molar-refractivity contribution is 6.33. The van der Waals surface area contributed by atoms with Crippen LogP contribution in [0, 0.1) is 0 Å². The second-order valence-corrected chi connectivity index (χ2v) is 8.09. The number of rotatable bonds is 14. The zero-order valence-electron chi connectivity index (χ0n) is 19.0. The number of carbonyl (C=O) groups is 2. The highest BCUT2D eigenvalue weighted by Crippen LogP contribution is 2.26. The fraction of sp³-hybridized carbons (Fsp3) is 0.440. The van der Waals surface area contributed by atoms with Crippen molar-refractivity contribution in [1.29, 1.82) is 0 Å². The Bertz CT molecular complexity index is 873. The van der Waals surface area contributed by atoms with E-state index < -0.39 is 0 Å². The van der Waals surface area contributed by atoms with Crippen LogP contribution in [0.5, 0.6) is 5.75 Å². The molecule has 0 spiro atoms. The maximum Gasteiger partial charge on any atom is 0.243 e. The molecule has 0 heterocycles. The number of anilines is 3. The molecule has 0 saturated carbocycles. The third kappa shape index (κ3) is 9.60. The Morgan fingerprint density at radius 2 is 1.69 bits per heavy atom. The number of hydrogen-bond acceptors (Lipinski definition) is 4. The Kier molecular flexibility index (Phi) is 11.5. The first-order chi connectivity index (χ1) is 15.5. The van der Waals surface area contributed by atoms with E-state index in [0.717, 1.165) is 24.3 Å². The summed E-state index contributed by atoms with van der Waals surface area (Å²) >= 11 is 6.20. The van der Waals surface area contributed by atoms with Gasteiger partial charge in [0.2, 0.25) is 11.8 Å². The SMILES string of the molecule is CCCCCCCOc1cccc(NCC(=O)Nc2cc(NC(=O)CCC)ccc2Cl)c1. The smallest absolute Gasteiger partial charge is 0.243 e. The van der Waals surface area contributed by atoms with Gasteiger partial charge in [-0.25, -0.2) is 0 Å². The molecular weight excluding hydrogens is 426 g/mol. The summed E-state index contributed by atoms with van der Waals surface area (Å²) in [5.41, 5.74) is 1.85. The summed E-state index contributed by atoms with van der Waals surface area (Å²) in [5.74, 6) is 0.465. The molecule has 2 aromatic rings. The minimum Gasteiger partial charge on any atom is -0.494 e. The van der Waals surface area contributed by atoms with Crippen LogP contribution in [0.3, 0.4) is 0 Å². The summed E-state index contributed by atoms with van der Waals surface area (Å²) in [6.45, 7) is 4.91. The van der Waals surface area contributed by atoms with E-state index in [1.165, 1.54) is 25.7 Å². The lowest BCUT2D eigenvalue weighted by atomic mass is 10.2. The number of unbranched alkanes of at least 4 members (excludes halogenated alkanes) is 4. The van der Waals surface area contributed by atoms with Crippen LogP contribution in [0.15, 0.2) is 42.5 Å². The summed E-state index contributed by atoms with van der Waals surface area (Å²) in [6, 6.07) is 12.6. The molecule has 32 heavy (non-hydrogen) atoms. The van der Waals surface area contributed by atoms with Gasteiger partial charge in [-0.3, -0.25) is 9.59 Å². The molecule has 6 nitrogen and oxygen atoms in total. The van der Waals surface area contributed by atoms with E-state index in [9.17, 15) is 9.59 Å². The van der Waals surface area contributed by atoms with Crippen LogP contribution in [0.2, 0.25) is 5.02 Å². The van der Waals surface area contributed by atoms with Gasteiger partial charge >= 0.3 is 0 Å². The lowest BCUT2D eigenvalue weighted by molar-refractivity contribution is -0.116. The van der Waals surface area contributed by atoms with Crippen molar-refractivity contribution in [1.82, 2.24) is 0 Å². The number of nitrogens with one attached hydrogen (secondary N) is 3. The van der Waals surface area contributed by atoms with Crippen LogP contribution in [0.1, 0.15) is 58.8 Å². The third-order valence-electron chi connectivity index (χ3n) is 4.80. The van der Waals surface area contributed by atoms with Gasteiger partial charge < -0.3 is 20.7 Å². The lowest BCUT2D eigenvalue weighted by Gasteiger charge is -2.12. The van der Waals surface area contributed by atoms with Crippen molar-refractivity contribution in [3.05, 3.63) is 47.5 Å². The predicted molar refractivity (Wildman–Crippen MR) is 133 cm³/mol. The predicted octanol–water partition coefficient (Wildman–Crippen LogP) is 6.48. The van der Waals surface area contributed by atoms with Gasteiger partial charge in [0, 0.05) is 23.9 Å². The van der Waals surface area contributed by atoms with Crippen molar-refractivity contribution in [2.24, 2.45) is 0 Å². The first-order valence-corrected chi connectivity index (χ1v) is 11.8. The average Bonchev–Trinajstić information content (AvgIpc) is 2.77. The van der Waals surface area contributed by atoms with Crippen LogP contribution in [-0.2, 0) is 9.59 Å². The number of amides is 2. The first-order valence-electron chi connectivity index (χ1n) is 11.4. The zero-order chi connectivity index (χ0) is 23.2. The maximum atomic E-state index is 12.4. The molecule has 0 atom stereocenters. The van der Waals surface area contributed by atoms with Gasteiger partial charge in [-0.2, -0.15) is 0 Å². The topological polar surface area (TPSA) is 79.5 Å². The van der Waals surface area contributed by atoms with E-state index in [1.54, 1.807) is 18.2 Å². The molecule has 0 fully saturated rings. The minimum absolute atomic E-state index is 0.0724. The molecule has 0 radical (unpaired) electrons. The normalized spacial score (nSPS) is 10.5. The Balaban J connectivity index is 1.82. The Labute approximate surface area is 196 Å². The van der Waals surface area contributed by atoms with Crippen molar-refractivity contribution in [2.45, 2.75) is 58.8 Å². The van der Waals surface area contributed by atoms with Crippen LogP contribution < -0.4 is 20.7 Å². The summed E-state index contributed by atoms with van der Waals surface area (Å²) in [6.07, 6.45) is 7.17. The van der Waals surface area contributed by atoms with Crippen LogP contribution in [0.25, 0.3) is 0 Å². The fourth-order valence-corrected chi connectivity index (χ4v) is 3.28. The van der Waals surface area contributed by atoms with Crippen molar-refractivity contribution < 1.29 is 14.3 Å². The molecule has 0 saturated heterocycles. The van der Waals surface area contributed by atoms with Gasteiger partial charge in [-0.05, 0) is 43.2 Å². The number of hydrogen-bond donors (Lipinski definition) is 3. The molecule has 3 N–H and O–H groups in total. The molecular formula is C25H34ClN3O3. The molecule has 0 aliphatic carbocycles. The Morgan fingerprint density at radius 1 is 0.875 bits per heavy atom. The summed E-state index contributed by atoms with van der Waals surface area (Å²) < 4.78 is 5.81. The van der Waals surface area contributed by atoms with Crippen molar-refractivity contribution in [3.8, 4) is 5.75 Å². The summed E-state index contributed by atoms with van der Waals surface area (Å²) in [4.78, 5) is 24.2. The van der Waals surface area contributed by atoms with Crippen LogP contribution >= 0.6 is 11.6 Å². The largest absolute Gasteiger partial charge is 0.494 e. The monoisotopic (exact) mass is 459 g/mol. The van der Waals surface area contributed by atoms with E-state index in [0.29, 0.717) is 29.4 Å². The molecule has 0 aliphatic rings. The summed E-state index contributed by atoms with van der Waals surface area (Å²) in [7, 11) is 0. The fourth-order valence-electron chi connectivity index (χ4n) is 3.12. The van der Waals surface area contributed by atoms with Crippen molar-refractivity contribution in [3.63, 3.8) is 0 Å². The lowest BCUT2D eigenvalue weighted by Crippen LogP contribution is -2.22. The van der Waals surface area contributed by atoms with Crippen molar-refractivity contribution in [2.75, 3.05) is 29.1 Å². The van der Waals surface area contributed by atoms with E-state index in [1.807, 2.05) is 31.2 Å². The molecule has 2 rings (SSSR count). The standard InChI is InChI=1S/C25H34ClN3O3/c1-3-5-6-7-8-15-32-21-12-9-11-19(16-21)27-18-25(31)29-23-17-20(13-14-22(23)26)28-24(30)10-4-2/h9,11-14,16-17,27H,3-8,10,15,18H2,1-2H3,(H,28,30)(H,29,31). The first kappa shape index (κ1) is 25.5. The zero-order valence-corrected chi connectivity index (χ0v) is 19.8. The number of halogens is 1. The molecule has 7 heteroatoms. The van der Waals surface area contributed by atoms with Crippen molar-refractivity contribution >= 4 is 40.5 Å². The molecule has 174 valence electrons. The Hall–Kier alpha value is -2.73. The van der Waals surface area contributed by atoms with Gasteiger partial charge in [-0.15, -0.1) is 0 Å². The van der Waals surface area contributed by atoms with E-state index >= 15 is 0 Å². The van der Waals surface area contributed by atoms with Gasteiger partial charge in [0.05, 0.1) is 23.9 Å². The molecule has 0 aliphatic heterocycles. The Morgan fingerprint density at radius 3 is 2.47 bits per heavy atom. The minimum atomic E-state index is -0.244. The molecule has 0 aromatic heterocycles. The average molecular weight is 460 g/mol. The second kappa shape index (κ2) is 14.4. The highest BCUT2D eigenvalue weighted by Gasteiger charge is 2.09. The second-order valence-electron chi connectivity index (χ2n) is 7.69. The van der Waals surface area contributed by atoms with Gasteiger partial charge in [0.1, 0.15) is 5.75 Å². The highest BCUT2D eigenvalue weighted by atomic mass is 35.5. The third-order valence-corrected chi connectivity index (χ3v) is 5.13. The molecule has 2 amide bonds.